The van der Waals surface area contributed by atoms with Crippen molar-refractivity contribution in [3.63, 3.8) is 0 Å². The van der Waals surface area contributed by atoms with Crippen molar-refractivity contribution in [3.8, 4) is 0 Å². The number of amides is 1. The van der Waals surface area contributed by atoms with Gasteiger partial charge in [-0.2, -0.15) is 0 Å². The highest BCUT2D eigenvalue weighted by Crippen LogP contribution is 2.19. The van der Waals surface area contributed by atoms with E-state index in [1.165, 1.54) is 30.3 Å². The van der Waals surface area contributed by atoms with Crippen LogP contribution in [0.1, 0.15) is 30.1 Å². The van der Waals surface area contributed by atoms with Crippen molar-refractivity contribution in [3.05, 3.63) is 58.3 Å². The van der Waals surface area contributed by atoms with Crippen molar-refractivity contribution < 1.29 is 17.6 Å². The van der Waals surface area contributed by atoms with Crippen LogP contribution in [0.15, 0.2) is 51.8 Å². The van der Waals surface area contributed by atoms with E-state index in [9.17, 15) is 17.6 Å². The van der Waals surface area contributed by atoms with Crippen molar-refractivity contribution in [1.29, 1.82) is 0 Å². The molecule has 0 aliphatic rings. The van der Waals surface area contributed by atoms with Gasteiger partial charge in [-0.15, -0.1) is 0 Å². The van der Waals surface area contributed by atoms with Gasteiger partial charge < -0.3 is 5.32 Å². The molecule has 0 unspecified atom stereocenters. The van der Waals surface area contributed by atoms with Gasteiger partial charge in [-0.3, -0.25) is 4.79 Å². The lowest BCUT2D eigenvalue weighted by Gasteiger charge is -2.09. The number of hydrogen-bond donors (Lipinski definition) is 2. The lowest BCUT2D eigenvalue weighted by molar-refractivity contribution is 0.102. The molecule has 0 saturated heterocycles. The maximum atomic E-state index is 13.4. The smallest absolute Gasteiger partial charge is 0.255 e. The molecule has 0 aromatic heterocycles. The molecule has 0 spiro atoms. The summed E-state index contributed by atoms with van der Waals surface area (Å²) in [5.74, 6) is -1.08. The van der Waals surface area contributed by atoms with Gasteiger partial charge in [0.15, 0.2) is 0 Å². The van der Waals surface area contributed by atoms with E-state index in [2.05, 4.69) is 26.0 Å². The standard InChI is InChI=1S/C17H18BrFN2O3S/c1-2-3-7-20-25(23,24)16-6-4-5-15(11-16)21-17(22)12-8-13(18)10-14(19)9-12/h4-6,8-11,20H,2-3,7H2,1H3,(H,21,22). The second-order valence-corrected chi connectivity index (χ2v) is 8.07. The molecule has 0 heterocycles. The van der Waals surface area contributed by atoms with Crippen LogP contribution in [0.5, 0.6) is 0 Å². The van der Waals surface area contributed by atoms with Crippen LogP contribution in [-0.2, 0) is 10.0 Å². The fourth-order valence-electron chi connectivity index (χ4n) is 2.10. The van der Waals surface area contributed by atoms with E-state index in [1.54, 1.807) is 6.07 Å². The number of carbonyl (C=O) groups is 1. The van der Waals surface area contributed by atoms with Crippen LogP contribution in [0.25, 0.3) is 0 Å². The maximum Gasteiger partial charge on any atom is 0.255 e. The molecule has 0 bridgehead atoms. The number of benzene rings is 2. The summed E-state index contributed by atoms with van der Waals surface area (Å²) in [5, 5.41) is 2.57. The SMILES string of the molecule is CCCCNS(=O)(=O)c1cccc(NC(=O)c2cc(F)cc(Br)c2)c1. The van der Waals surface area contributed by atoms with Crippen LogP contribution in [0.3, 0.4) is 0 Å². The molecule has 1 amide bonds. The number of hydrogen-bond acceptors (Lipinski definition) is 3. The Bertz CT molecular complexity index is 852. The summed E-state index contributed by atoms with van der Waals surface area (Å²) in [6, 6.07) is 9.73. The zero-order valence-electron chi connectivity index (χ0n) is 13.6. The first kappa shape index (κ1) is 19.6. The summed E-state index contributed by atoms with van der Waals surface area (Å²) in [4.78, 5) is 12.3. The van der Waals surface area contributed by atoms with Crippen molar-refractivity contribution in [1.82, 2.24) is 4.72 Å². The minimum Gasteiger partial charge on any atom is -0.322 e. The topological polar surface area (TPSA) is 75.3 Å². The Balaban J connectivity index is 2.17. The molecule has 0 aliphatic carbocycles. The minimum atomic E-state index is -3.64. The molecule has 2 aromatic rings. The van der Waals surface area contributed by atoms with Gasteiger partial charge in [0.25, 0.3) is 5.91 Å². The van der Waals surface area contributed by atoms with Crippen LogP contribution >= 0.6 is 15.9 Å². The second-order valence-electron chi connectivity index (χ2n) is 5.39. The third-order valence-electron chi connectivity index (χ3n) is 3.35. The maximum absolute atomic E-state index is 13.4. The molecule has 0 fully saturated rings. The van der Waals surface area contributed by atoms with Gasteiger partial charge in [0.2, 0.25) is 10.0 Å². The fourth-order valence-corrected chi connectivity index (χ4v) is 3.68. The molecule has 0 atom stereocenters. The van der Waals surface area contributed by atoms with E-state index in [-0.39, 0.29) is 10.5 Å². The third kappa shape index (κ3) is 5.62. The molecule has 2 aromatic carbocycles. The number of sulfonamides is 1. The van der Waals surface area contributed by atoms with E-state index < -0.39 is 21.7 Å². The predicted molar refractivity (Wildman–Crippen MR) is 98.6 cm³/mol. The summed E-state index contributed by atoms with van der Waals surface area (Å²) < 4.78 is 40.8. The van der Waals surface area contributed by atoms with E-state index in [0.29, 0.717) is 16.7 Å². The summed E-state index contributed by atoms with van der Waals surface area (Å²) in [6.45, 7) is 2.32. The van der Waals surface area contributed by atoms with E-state index in [1.807, 2.05) is 6.92 Å². The fraction of sp³-hybridized carbons (Fsp3) is 0.235. The highest BCUT2D eigenvalue weighted by molar-refractivity contribution is 9.10. The zero-order chi connectivity index (χ0) is 18.4. The van der Waals surface area contributed by atoms with E-state index in [0.717, 1.165) is 18.9 Å². The van der Waals surface area contributed by atoms with Crippen molar-refractivity contribution in [2.24, 2.45) is 0 Å². The Labute approximate surface area is 154 Å². The number of rotatable bonds is 7. The molecule has 25 heavy (non-hydrogen) atoms. The minimum absolute atomic E-state index is 0.0572. The number of nitrogens with one attached hydrogen (secondary N) is 2. The average molecular weight is 429 g/mol. The van der Waals surface area contributed by atoms with Crippen LogP contribution in [0, 0.1) is 5.82 Å². The van der Waals surface area contributed by atoms with Gasteiger partial charge in [0, 0.05) is 22.3 Å². The Morgan fingerprint density at radius 3 is 2.64 bits per heavy atom. The molecule has 0 aliphatic heterocycles. The predicted octanol–water partition coefficient (Wildman–Crippen LogP) is 3.92. The second kappa shape index (κ2) is 8.55. The lowest BCUT2D eigenvalue weighted by atomic mass is 10.2. The Hall–Kier alpha value is -1.77. The van der Waals surface area contributed by atoms with Crippen LogP contribution in [-0.4, -0.2) is 20.9 Å². The Kier molecular flexibility index (Phi) is 6.69. The molecule has 0 saturated carbocycles. The molecule has 2 rings (SSSR count). The first-order chi connectivity index (χ1) is 11.8. The third-order valence-corrected chi connectivity index (χ3v) is 5.27. The molecular formula is C17H18BrFN2O3S. The van der Waals surface area contributed by atoms with Gasteiger partial charge >= 0.3 is 0 Å². The Morgan fingerprint density at radius 2 is 1.96 bits per heavy atom. The molecule has 5 nitrogen and oxygen atoms in total. The van der Waals surface area contributed by atoms with Crippen LogP contribution in [0.2, 0.25) is 0 Å². The highest BCUT2D eigenvalue weighted by atomic mass is 79.9. The van der Waals surface area contributed by atoms with Crippen molar-refractivity contribution in [2.75, 3.05) is 11.9 Å². The largest absolute Gasteiger partial charge is 0.322 e. The number of unbranched alkanes of at least 4 members (excludes halogenated alkanes) is 1. The zero-order valence-corrected chi connectivity index (χ0v) is 16.0. The van der Waals surface area contributed by atoms with Gasteiger partial charge in [-0.1, -0.05) is 35.3 Å². The first-order valence-corrected chi connectivity index (χ1v) is 9.96. The van der Waals surface area contributed by atoms with Crippen LogP contribution < -0.4 is 10.0 Å². The van der Waals surface area contributed by atoms with Crippen molar-refractivity contribution in [2.45, 2.75) is 24.7 Å². The van der Waals surface area contributed by atoms with E-state index >= 15 is 0 Å². The number of anilines is 1. The molecule has 2 N–H and O–H groups in total. The van der Waals surface area contributed by atoms with Gasteiger partial charge in [-0.05, 0) is 42.8 Å². The molecule has 0 radical (unpaired) electrons. The number of halogens is 2. The Morgan fingerprint density at radius 1 is 1.20 bits per heavy atom. The van der Waals surface area contributed by atoms with Crippen molar-refractivity contribution >= 4 is 37.5 Å². The monoisotopic (exact) mass is 428 g/mol. The first-order valence-electron chi connectivity index (χ1n) is 7.69. The van der Waals surface area contributed by atoms with Gasteiger partial charge in [0.05, 0.1) is 4.90 Å². The summed E-state index contributed by atoms with van der Waals surface area (Å²) in [6.07, 6.45) is 1.62. The van der Waals surface area contributed by atoms with E-state index in [4.69, 9.17) is 0 Å². The quantitative estimate of drug-likeness (QED) is 0.656. The average Bonchev–Trinajstić information content (AvgIpc) is 2.54. The normalized spacial score (nSPS) is 11.3. The summed E-state index contributed by atoms with van der Waals surface area (Å²) >= 11 is 3.13. The summed E-state index contributed by atoms with van der Waals surface area (Å²) in [7, 11) is -3.64. The highest BCUT2D eigenvalue weighted by Gasteiger charge is 2.15. The molecular weight excluding hydrogens is 411 g/mol. The molecule has 8 heteroatoms. The lowest BCUT2D eigenvalue weighted by Crippen LogP contribution is -2.24. The summed E-state index contributed by atoms with van der Waals surface area (Å²) in [5.41, 5.74) is 0.435. The number of carbonyl (C=O) groups excluding carboxylic acids is 1. The molecule has 134 valence electrons. The van der Waals surface area contributed by atoms with Gasteiger partial charge in [0.1, 0.15) is 5.82 Å². The van der Waals surface area contributed by atoms with Crippen LogP contribution in [0.4, 0.5) is 10.1 Å². The van der Waals surface area contributed by atoms with Gasteiger partial charge in [-0.25, -0.2) is 17.5 Å².